The van der Waals surface area contributed by atoms with Crippen molar-refractivity contribution >= 4 is 12.3 Å². The van der Waals surface area contributed by atoms with E-state index in [2.05, 4.69) is 62.4 Å². The van der Waals surface area contributed by atoms with E-state index in [4.69, 9.17) is 18.9 Å². The van der Waals surface area contributed by atoms with Gasteiger partial charge in [-0.15, -0.1) is 0 Å². The highest BCUT2D eigenvalue weighted by molar-refractivity contribution is 5.62. The van der Waals surface area contributed by atoms with Crippen LogP contribution in [0.3, 0.4) is 0 Å². The third-order valence-electron chi connectivity index (χ3n) is 6.16. The highest BCUT2D eigenvalue weighted by Gasteiger charge is 2.26. The Hall–Kier alpha value is -3.02. The Morgan fingerprint density at radius 2 is 1.10 bits per heavy atom. The van der Waals surface area contributed by atoms with Crippen LogP contribution < -0.4 is 0 Å². The molecular formula is C25H28O6. The molecule has 31 heavy (non-hydrogen) atoms. The summed E-state index contributed by atoms with van der Waals surface area (Å²) in [7, 11) is 0. The Morgan fingerprint density at radius 3 is 1.42 bits per heavy atom. The van der Waals surface area contributed by atoms with E-state index < -0.39 is 12.3 Å². The smallest absolute Gasteiger partial charge is 0.430 e. The van der Waals surface area contributed by atoms with E-state index in [1.807, 2.05) is 0 Å². The molecule has 2 saturated heterocycles. The molecule has 2 fully saturated rings. The van der Waals surface area contributed by atoms with Crippen molar-refractivity contribution in [1.82, 2.24) is 0 Å². The van der Waals surface area contributed by atoms with Crippen LogP contribution in [-0.4, -0.2) is 37.7 Å². The fraction of sp³-hybridized carbons (Fsp3) is 0.440. The average molecular weight is 424 g/mol. The zero-order valence-corrected chi connectivity index (χ0v) is 18.0. The predicted octanol–water partition coefficient (Wildman–Crippen LogP) is 4.95. The average Bonchev–Trinajstić information content (AvgIpc) is 3.39. The van der Waals surface area contributed by atoms with Crippen molar-refractivity contribution in [3.8, 4) is 0 Å². The van der Waals surface area contributed by atoms with Crippen LogP contribution in [0.15, 0.2) is 48.5 Å². The van der Waals surface area contributed by atoms with Gasteiger partial charge in [-0.1, -0.05) is 62.4 Å². The maximum atomic E-state index is 11.0. The zero-order valence-electron chi connectivity index (χ0n) is 18.0. The molecule has 2 aliphatic rings. The summed E-state index contributed by atoms with van der Waals surface area (Å²) in [5.41, 5.74) is 4.80. The molecule has 6 nitrogen and oxygen atoms in total. The van der Waals surface area contributed by atoms with E-state index in [0.29, 0.717) is 13.2 Å². The first kappa shape index (κ1) is 21.2. The van der Waals surface area contributed by atoms with Gasteiger partial charge >= 0.3 is 12.3 Å². The van der Waals surface area contributed by atoms with Crippen molar-refractivity contribution in [3.05, 3.63) is 70.8 Å². The summed E-state index contributed by atoms with van der Waals surface area (Å²) < 4.78 is 19.8. The van der Waals surface area contributed by atoms with Crippen LogP contribution in [0.1, 0.15) is 48.9 Å². The van der Waals surface area contributed by atoms with Crippen molar-refractivity contribution in [1.29, 1.82) is 0 Å². The molecule has 2 atom stereocenters. The lowest BCUT2D eigenvalue weighted by atomic mass is 9.77. The zero-order chi connectivity index (χ0) is 21.8. The summed E-state index contributed by atoms with van der Waals surface area (Å²) in [4.78, 5) is 22.0. The maximum Gasteiger partial charge on any atom is 0.508 e. The summed E-state index contributed by atoms with van der Waals surface area (Å²) in [6.45, 7) is 5.14. The second-order valence-electron chi connectivity index (χ2n) is 8.70. The number of carbonyl (C=O) groups is 2. The van der Waals surface area contributed by atoms with Gasteiger partial charge in [-0.05, 0) is 47.9 Å². The molecule has 2 aromatic rings. The molecule has 2 heterocycles. The van der Waals surface area contributed by atoms with E-state index in [-0.39, 0.29) is 17.6 Å². The third-order valence-corrected chi connectivity index (χ3v) is 6.16. The minimum absolute atomic E-state index is 0.124. The fourth-order valence-electron chi connectivity index (χ4n) is 4.01. The molecule has 0 aromatic heterocycles. The van der Waals surface area contributed by atoms with Crippen LogP contribution in [0.4, 0.5) is 9.59 Å². The number of ether oxygens (including phenoxy) is 4. The summed E-state index contributed by atoms with van der Waals surface area (Å²) >= 11 is 0. The number of hydrogen-bond acceptors (Lipinski definition) is 6. The van der Waals surface area contributed by atoms with E-state index in [9.17, 15) is 9.59 Å². The Balaban J connectivity index is 1.33. The van der Waals surface area contributed by atoms with Gasteiger partial charge in [0.1, 0.15) is 25.4 Å². The summed E-state index contributed by atoms with van der Waals surface area (Å²) in [6, 6.07) is 17.3. The van der Waals surface area contributed by atoms with Gasteiger partial charge in [-0.25, -0.2) is 9.59 Å². The fourth-order valence-corrected chi connectivity index (χ4v) is 4.01. The number of rotatable bonds is 8. The van der Waals surface area contributed by atoms with E-state index in [0.717, 1.165) is 25.7 Å². The molecule has 2 unspecified atom stereocenters. The Morgan fingerprint density at radius 1 is 0.710 bits per heavy atom. The molecule has 2 aliphatic heterocycles. The lowest BCUT2D eigenvalue weighted by Crippen LogP contribution is -2.19. The molecule has 0 N–H and O–H groups in total. The first-order chi connectivity index (χ1) is 14.9. The molecule has 164 valence electrons. The Labute approximate surface area is 182 Å². The van der Waals surface area contributed by atoms with Crippen molar-refractivity contribution in [2.24, 2.45) is 0 Å². The minimum Gasteiger partial charge on any atom is -0.430 e. The van der Waals surface area contributed by atoms with Crippen LogP contribution >= 0.6 is 0 Å². The van der Waals surface area contributed by atoms with Gasteiger partial charge in [0.15, 0.2) is 0 Å². The second-order valence-corrected chi connectivity index (χ2v) is 8.70. The van der Waals surface area contributed by atoms with Gasteiger partial charge in [0.05, 0.1) is 0 Å². The first-order valence-electron chi connectivity index (χ1n) is 10.8. The van der Waals surface area contributed by atoms with Crippen molar-refractivity contribution < 1.29 is 28.5 Å². The van der Waals surface area contributed by atoms with E-state index in [1.54, 1.807) is 0 Å². The van der Waals surface area contributed by atoms with Crippen LogP contribution in [0.2, 0.25) is 0 Å². The molecule has 4 rings (SSSR count). The van der Waals surface area contributed by atoms with Gasteiger partial charge < -0.3 is 18.9 Å². The van der Waals surface area contributed by atoms with Gasteiger partial charge in [0.2, 0.25) is 0 Å². The van der Waals surface area contributed by atoms with E-state index >= 15 is 0 Å². The molecular weight excluding hydrogens is 396 g/mol. The Kier molecular flexibility index (Phi) is 6.16. The van der Waals surface area contributed by atoms with Crippen LogP contribution in [-0.2, 0) is 37.2 Å². The number of benzene rings is 2. The standard InChI is InChI=1S/C25H28O6/c1-25(2,19-9-3-17(4-10-19)7-13-21-15-28-23(26)30-21)20-11-5-18(6-12-20)8-14-22-16-29-24(27)31-22/h3-6,9-12,21-22H,7-8,13-16H2,1-2H3. The van der Waals surface area contributed by atoms with Crippen LogP contribution in [0, 0.1) is 0 Å². The normalized spacial score (nSPS) is 20.7. The van der Waals surface area contributed by atoms with Gasteiger partial charge in [0, 0.05) is 5.41 Å². The summed E-state index contributed by atoms with van der Waals surface area (Å²) in [6.07, 6.45) is 1.80. The molecule has 0 radical (unpaired) electrons. The highest BCUT2D eigenvalue weighted by Crippen LogP contribution is 2.32. The number of cyclic esters (lactones) is 4. The largest absolute Gasteiger partial charge is 0.508 e. The molecule has 0 spiro atoms. The lowest BCUT2D eigenvalue weighted by molar-refractivity contribution is 0.115. The lowest BCUT2D eigenvalue weighted by Gasteiger charge is -2.26. The quantitative estimate of drug-likeness (QED) is 0.559. The molecule has 0 saturated carbocycles. The molecule has 2 aromatic carbocycles. The SMILES string of the molecule is CC(C)(c1ccc(CCC2COC(=O)O2)cc1)c1ccc(CCC2COC(=O)O2)cc1. The highest BCUT2D eigenvalue weighted by atomic mass is 16.8. The van der Waals surface area contributed by atoms with Crippen molar-refractivity contribution in [3.63, 3.8) is 0 Å². The van der Waals surface area contributed by atoms with Crippen LogP contribution in [0.5, 0.6) is 0 Å². The first-order valence-corrected chi connectivity index (χ1v) is 10.8. The molecule has 0 amide bonds. The van der Waals surface area contributed by atoms with Gasteiger partial charge in [-0.3, -0.25) is 0 Å². The van der Waals surface area contributed by atoms with Crippen molar-refractivity contribution in [2.75, 3.05) is 13.2 Å². The number of carbonyl (C=O) groups excluding carboxylic acids is 2. The van der Waals surface area contributed by atoms with E-state index in [1.165, 1.54) is 22.3 Å². The molecule has 0 aliphatic carbocycles. The monoisotopic (exact) mass is 424 g/mol. The summed E-state index contributed by atoms with van der Waals surface area (Å²) in [5.74, 6) is 0. The minimum atomic E-state index is -0.566. The molecule has 0 bridgehead atoms. The topological polar surface area (TPSA) is 71.1 Å². The van der Waals surface area contributed by atoms with Gasteiger partial charge in [-0.2, -0.15) is 0 Å². The summed E-state index contributed by atoms with van der Waals surface area (Å²) in [5, 5.41) is 0. The molecule has 6 heteroatoms. The van der Waals surface area contributed by atoms with Gasteiger partial charge in [0.25, 0.3) is 0 Å². The second kappa shape index (κ2) is 9.00. The maximum absolute atomic E-state index is 11.0. The Bertz CT molecular complexity index is 841. The van der Waals surface area contributed by atoms with Crippen LogP contribution in [0.25, 0.3) is 0 Å². The third kappa shape index (κ3) is 5.19. The number of hydrogen-bond donors (Lipinski definition) is 0. The van der Waals surface area contributed by atoms with Crippen molar-refractivity contribution in [2.45, 2.75) is 57.2 Å². The number of aryl methyl sites for hydroxylation is 2. The predicted molar refractivity (Wildman–Crippen MR) is 114 cm³/mol.